The van der Waals surface area contributed by atoms with Gasteiger partial charge in [0.25, 0.3) is 0 Å². The molecule has 1 atom stereocenters. The molecule has 4 N–H and O–H groups in total. The first-order valence-electron chi connectivity index (χ1n) is 9.39. The van der Waals surface area contributed by atoms with E-state index in [4.69, 9.17) is 27.9 Å². The Kier molecular flexibility index (Phi) is 6.00. The molecule has 12 heteroatoms. The number of esters is 1. The van der Waals surface area contributed by atoms with Crippen molar-refractivity contribution in [2.45, 2.75) is 19.5 Å². The van der Waals surface area contributed by atoms with Crippen molar-refractivity contribution < 1.29 is 27.8 Å². The van der Waals surface area contributed by atoms with Crippen molar-refractivity contribution in [2.24, 2.45) is 0 Å². The van der Waals surface area contributed by atoms with Gasteiger partial charge in [0, 0.05) is 23.4 Å². The maximum Gasteiger partial charge on any atom is 0.449 e. The molecular formula is C21H15Cl2F3N4O3. The van der Waals surface area contributed by atoms with Crippen LogP contribution in [0.2, 0.25) is 10.0 Å². The van der Waals surface area contributed by atoms with Crippen LogP contribution in [0, 0.1) is 0 Å². The predicted octanol–water partition coefficient (Wildman–Crippen LogP) is 5.77. The number of aromatic nitrogens is 2. The van der Waals surface area contributed by atoms with E-state index in [9.17, 15) is 23.1 Å². The number of alkyl halides is 3. The largest absolute Gasteiger partial charge is 0.449 e. The van der Waals surface area contributed by atoms with E-state index in [1.165, 1.54) is 31.2 Å². The standard InChI is InChI=1S/C21H15Cl2F3N4O3/c1-9(31)33-11-3-4-12-13(7-11)18(15(23)8-14(12)22)30-20(32)27-10-2-5-16-17(6-10)29-19(28-16)21(24,25)26/h2-8,20,27,30,32H,1H3,(H,28,29). The average molecular weight is 499 g/mol. The fraction of sp³-hybridized carbons (Fsp3) is 0.143. The van der Waals surface area contributed by atoms with E-state index in [1.54, 1.807) is 18.2 Å². The van der Waals surface area contributed by atoms with E-state index >= 15 is 0 Å². The van der Waals surface area contributed by atoms with Crippen LogP contribution in [0.15, 0.2) is 42.5 Å². The van der Waals surface area contributed by atoms with Gasteiger partial charge in [-0.3, -0.25) is 4.79 Å². The zero-order chi connectivity index (χ0) is 23.9. The Morgan fingerprint density at radius 2 is 1.85 bits per heavy atom. The molecule has 7 nitrogen and oxygen atoms in total. The van der Waals surface area contributed by atoms with Crippen LogP contribution < -0.4 is 15.4 Å². The van der Waals surface area contributed by atoms with Crippen LogP contribution in [0.1, 0.15) is 12.7 Å². The number of carbonyl (C=O) groups excluding carboxylic acids is 1. The smallest absolute Gasteiger partial charge is 0.427 e. The highest BCUT2D eigenvalue weighted by Gasteiger charge is 2.34. The third kappa shape index (κ3) is 4.92. The number of nitrogens with zero attached hydrogens (tertiary/aromatic N) is 1. The van der Waals surface area contributed by atoms with E-state index in [1.807, 2.05) is 0 Å². The van der Waals surface area contributed by atoms with Crippen molar-refractivity contribution in [3.8, 4) is 5.75 Å². The first-order valence-corrected chi connectivity index (χ1v) is 10.1. The van der Waals surface area contributed by atoms with Gasteiger partial charge in [0.05, 0.1) is 26.8 Å². The van der Waals surface area contributed by atoms with Crippen molar-refractivity contribution in [3.63, 3.8) is 0 Å². The zero-order valence-corrected chi connectivity index (χ0v) is 18.2. The fourth-order valence-corrected chi connectivity index (χ4v) is 3.86. The Morgan fingerprint density at radius 3 is 2.55 bits per heavy atom. The van der Waals surface area contributed by atoms with Gasteiger partial charge in [-0.15, -0.1) is 0 Å². The molecule has 3 aromatic carbocycles. The summed E-state index contributed by atoms with van der Waals surface area (Å²) in [6.45, 7) is 1.26. The molecule has 33 heavy (non-hydrogen) atoms. The molecule has 0 saturated heterocycles. The summed E-state index contributed by atoms with van der Waals surface area (Å²) in [5.74, 6) is -1.37. The van der Waals surface area contributed by atoms with E-state index < -0.39 is 24.3 Å². The second-order valence-corrected chi connectivity index (χ2v) is 7.84. The molecule has 0 saturated carbocycles. The van der Waals surface area contributed by atoms with Crippen molar-refractivity contribution in [1.82, 2.24) is 9.97 Å². The van der Waals surface area contributed by atoms with Crippen LogP contribution in [0.5, 0.6) is 5.75 Å². The first-order chi connectivity index (χ1) is 15.5. The number of nitrogens with one attached hydrogen (secondary N) is 3. The van der Waals surface area contributed by atoms with Gasteiger partial charge >= 0.3 is 12.1 Å². The molecule has 4 rings (SSSR count). The average Bonchev–Trinajstić information content (AvgIpc) is 3.14. The van der Waals surface area contributed by atoms with Crippen LogP contribution in [0.25, 0.3) is 21.8 Å². The summed E-state index contributed by atoms with van der Waals surface area (Å²) in [6.07, 6.45) is -6.00. The van der Waals surface area contributed by atoms with E-state index in [-0.39, 0.29) is 21.8 Å². The lowest BCUT2D eigenvalue weighted by molar-refractivity contribution is -0.144. The van der Waals surface area contributed by atoms with E-state index in [0.29, 0.717) is 27.2 Å². The number of hydrogen-bond acceptors (Lipinski definition) is 6. The number of aromatic amines is 1. The second-order valence-electron chi connectivity index (χ2n) is 7.02. The number of H-pyrrole nitrogens is 1. The molecule has 0 amide bonds. The number of benzene rings is 3. The lowest BCUT2D eigenvalue weighted by Gasteiger charge is -2.20. The van der Waals surface area contributed by atoms with Gasteiger partial charge in [-0.1, -0.05) is 23.2 Å². The van der Waals surface area contributed by atoms with Crippen LogP contribution in [-0.4, -0.2) is 27.4 Å². The minimum atomic E-state index is -4.61. The first kappa shape index (κ1) is 23.0. The van der Waals surface area contributed by atoms with Crippen LogP contribution in [0.4, 0.5) is 24.5 Å². The Hall–Kier alpha value is -3.21. The summed E-state index contributed by atoms with van der Waals surface area (Å²) in [5.41, 5.74) is 0.877. The van der Waals surface area contributed by atoms with Crippen LogP contribution in [-0.2, 0) is 11.0 Å². The number of halogens is 5. The third-order valence-electron chi connectivity index (χ3n) is 4.61. The number of imidazole rings is 1. The van der Waals surface area contributed by atoms with Gasteiger partial charge in [0.1, 0.15) is 5.75 Å². The molecule has 0 spiro atoms. The number of anilines is 2. The second kappa shape index (κ2) is 8.62. The molecule has 0 bridgehead atoms. The van der Waals surface area contributed by atoms with Crippen molar-refractivity contribution in [2.75, 3.05) is 10.6 Å². The SMILES string of the molecule is CC(=O)Oc1ccc2c(Cl)cc(Cl)c(NC(O)Nc3ccc4nc(C(F)(F)F)[nH]c4c3)c2c1. The van der Waals surface area contributed by atoms with Crippen molar-refractivity contribution >= 4 is 62.4 Å². The van der Waals surface area contributed by atoms with E-state index in [0.717, 1.165) is 0 Å². The van der Waals surface area contributed by atoms with Gasteiger partial charge < -0.3 is 25.5 Å². The van der Waals surface area contributed by atoms with Gasteiger partial charge in [-0.05, 0) is 42.5 Å². The third-order valence-corrected chi connectivity index (χ3v) is 5.22. The number of rotatable bonds is 5. The fourth-order valence-electron chi connectivity index (χ4n) is 3.27. The van der Waals surface area contributed by atoms with Crippen molar-refractivity contribution in [1.29, 1.82) is 0 Å². The summed E-state index contributed by atoms with van der Waals surface area (Å²) >= 11 is 12.6. The normalized spacial score (nSPS) is 12.7. The molecule has 0 fully saturated rings. The van der Waals surface area contributed by atoms with Gasteiger partial charge in [-0.2, -0.15) is 13.2 Å². The minimum absolute atomic E-state index is 0.125. The van der Waals surface area contributed by atoms with Crippen LogP contribution in [0.3, 0.4) is 0 Å². The van der Waals surface area contributed by atoms with Gasteiger partial charge in [0.15, 0.2) is 0 Å². The quantitative estimate of drug-likeness (QED) is 0.158. The van der Waals surface area contributed by atoms with Gasteiger partial charge in [0.2, 0.25) is 12.2 Å². The van der Waals surface area contributed by atoms with Crippen molar-refractivity contribution in [3.05, 3.63) is 58.3 Å². The number of hydrogen-bond donors (Lipinski definition) is 4. The summed E-state index contributed by atoms with van der Waals surface area (Å²) in [6, 6.07) is 10.5. The summed E-state index contributed by atoms with van der Waals surface area (Å²) < 4.78 is 43.7. The lowest BCUT2D eigenvalue weighted by atomic mass is 10.1. The van der Waals surface area contributed by atoms with Gasteiger partial charge in [-0.25, -0.2) is 4.98 Å². The number of aliphatic hydroxyl groups excluding tert-OH is 1. The maximum absolute atomic E-state index is 12.9. The number of carbonyl (C=O) groups is 1. The van der Waals surface area contributed by atoms with Crippen LogP contribution >= 0.6 is 23.2 Å². The molecule has 4 aromatic rings. The molecule has 1 aromatic heterocycles. The zero-order valence-electron chi connectivity index (χ0n) is 16.7. The molecule has 0 aliphatic rings. The Morgan fingerprint density at radius 1 is 1.09 bits per heavy atom. The molecule has 0 aliphatic carbocycles. The highest BCUT2D eigenvalue weighted by atomic mass is 35.5. The monoisotopic (exact) mass is 498 g/mol. The number of ether oxygens (including phenoxy) is 1. The summed E-state index contributed by atoms with van der Waals surface area (Å²) in [4.78, 5) is 17.0. The lowest BCUT2D eigenvalue weighted by Crippen LogP contribution is -2.28. The number of fused-ring (bicyclic) bond motifs is 2. The molecule has 1 heterocycles. The predicted molar refractivity (Wildman–Crippen MR) is 120 cm³/mol. The Bertz CT molecular complexity index is 1370. The number of aliphatic hydroxyl groups is 1. The van der Waals surface area contributed by atoms with E-state index in [2.05, 4.69) is 20.6 Å². The Labute approximate surface area is 194 Å². The summed E-state index contributed by atoms with van der Waals surface area (Å²) in [7, 11) is 0. The maximum atomic E-state index is 12.9. The molecule has 0 aliphatic heterocycles. The molecule has 0 radical (unpaired) electrons. The summed E-state index contributed by atoms with van der Waals surface area (Å²) in [5, 5.41) is 17.6. The Balaban J connectivity index is 1.62. The highest BCUT2D eigenvalue weighted by molar-refractivity contribution is 6.41. The highest BCUT2D eigenvalue weighted by Crippen LogP contribution is 2.38. The molecule has 1 unspecified atom stereocenters. The minimum Gasteiger partial charge on any atom is -0.427 e. The topological polar surface area (TPSA) is 99.3 Å². The molecule has 172 valence electrons. The molecular weight excluding hydrogens is 484 g/mol.